The molecule has 0 aliphatic carbocycles. The van der Waals surface area contributed by atoms with Crippen molar-refractivity contribution in [1.82, 2.24) is 20.1 Å². The van der Waals surface area contributed by atoms with Gasteiger partial charge >= 0.3 is 0 Å². The fourth-order valence-electron chi connectivity index (χ4n) is 2.36. The van der Waals surface area contributed by atoms with Gasteiger partial charge in [-0.1, -0.05) is 0 Å². The topological polar surface area (TPSA) is 55.2 Å². The molecule has 0 spiro atoms. The van der Waals surface area contributed by atoms with Gasteiger partial charge in [-0.2, -0.15) is 10.1 Å². The molecule has 3 heterocycles. The number of ether oxygens (including phenoxy) is 1. The van der Waals surface area contributed by atoms with Gasteiger partial charge in [0.25, 0.3) is 0 Å². The third-order valence-electron chi connectivity index (χ3n) is 3.34. The quantitative estimate of drug-likeness (QED) is 0.754. The van der Waals surface area contributed by atoms with Crippen LogP contribution in [0.15, 0.2) is 0 Å². The van der Waals surface area contributed by atoms with E-state index in [1.807, 2.05) is 4.68 Å². The van der Waals surface area contributed by atoms with Crippen molar-refractivity contribution in [3.05, 3.63) is 5.82 Å². The van der Waals surface area contributed by atoms with Crippen LogP contribution in [0.2, 0.25) is 0 Å². The number of hydrogen-bond donors (Lipinski definition) is 1. The Morgan fingerprint density at radius 3 is 3.06 bits per heavy atom. The maximum Gasteiger partial charge on any atom is 0.223 e. The number of rotatable bonds is 1. The first kappa shape index (κ1) is 11.0. The summed E-state index contributed by atoms with van der Waals surface area (Å²) in [6, 6.07) is 0. The minimum Gasteiger partial charge on any atom is -0.367 e. The predicted molar refractivity (Wildman–Crippen MR) is 64.1 cm³/mol. The smallest absolute Gasteiger partial charge is 0.223 e. The molecule has 6 heteroatoms. The summed E-state index contributed by atoms with van der Waals surface area (Å²) in [6.07, 6.45) is 2.39. The van der Waals surface area contributed by atoms with E-state index in [4.69, 9.17) is 4.74 Å². The van der Waals surface area contributed by atoms with E-state index in [1.54, 1.807) is 0 Å². The number of aryl methyl sites for hydroxylation is 1. The number of hydrogen-bond acceptors (Lipinski definition) is 5. The molecule has 2 aliphatic rings. The van der Waals surface area contributed by atoms with Gasteiger partial charge in [0.2, 0.25) is 5.95 Å². The maximum atomic E-state index is 5.69. The van der Waals surface area contributed by atoms with Crippen molar-refractivity contribution >= 4 is 5.95 Å². The summed E-state index contributed by atoms with van der Waals surface area (Å²) in [6.45, 7) is 4.50. The fourth-order valence-corrected chi connectivity index (χ4v) is 2.36. The molecule has 1 fully saturated rings. The molecule has 1 saturated heterocycles. The molecule has 1 unspecified atom stereocenters. The summed E-state index contributed by atoms with van der Waals surface area (Å²) in [5.74, 6) is 1.80. The molecule has 3 rings (SSSR count). The number of nitrogens with zero attached hydrogens (tertiary/aromatic N) is 4. The van der Waals surface area contributed by atoms with E-state index in [-0.39, 0.29) is 6.10 Å². The number of morpholine rings is 1. The normalized spacial score (nSPS) is 25.5. The van der Waals surface area contributed by atoms with Gasteiger partial charge in [0.05, 0.1) is 6.61 Å². The molecule has 1 N–H and O–H groups in total. The molecular formula is C11H19N5O. The zero-order valence-corrected chi connectivity index (χ0v) is 10.2. The van der Waals surface area contributed by atoms with Gasteiger partial charge in [0.1, 0.15) is 6.10 Å². The third-order valence-corrected chi connectivity index (χ3v) is 3.34. The van der Waals surface area contributed by atoms with E-state index in [2.05, 4.69) is 27.3 Å². The molecular weight excluding hydrogens is 218 g/mol. The predicted octanol–water partition coefficient (Wildman–Crippen LogP) is 0.169. The van der Waals surface area contributed by atoms with Crippen LogP contribution in [0.25, 0.3) is 0 Å². The van der Waals surface area contributed by atoms with E-state index in [9.17, 15) is 0 Å². The molecule has 6 nitrogen and oxygen atoms in total. The van der Waals surface area contributed by atoms with Gasteiger partial charge in [-0.15, -0.1) is 0 Å². The molecule has 0 radical (unpaired) electrons. The standard InChI is InChI=1S/C11H19N5O/c1-15-5-2-3-6-16-11(15)13-10(14-16)9-8-12-4-7-17-9/h9,12H,2-8H2,1H3. The lowest BCUT2D eigenvalue weighted by atomic mass is 10.3. The van der Waals surface area contributed by atoms with E-state index >= 15 is 0 Å². The lowest BCUT2D eigenvalue weighted by Crippen LogP contribution is -2.34. The Labute approximate surface area is 101 Å². The highest BCUT2D eigenvalue weighted by molar-refractivity contribution is 5.30. The monoisotopic (exact) mass is 237 g/mol. The van der Waals surface area contributed by atoms with Crippen LogP contribution < -0.4 is 10.2 Å². The van der Waals surface area contributed by atoms with E-state index in [1.165, 1.54) is 12.8 Å². The largest absolute Gasteiger partial charge is 0.367 e. The summed E-state index contributed by atoms with van der Waals surface area (Å²) < 4.78 is 7.70. The Hall–Kier alpha value is -1.14. The van der Waals surface area contributed by atoms with Gasteiger partial charge in [-0.3, -0.25) is 0 Å². The number of anilines is 1. The summed E-state index contributed by atoms with van der Waals surface area (Å²) in [5, 5.41) is 7.89. The number of nitrogens with one attached hydrogen (secondary N) is 1. The highest BCUT2D eigenvalue weighted by Crippen LogP contribution is 2.21. The van der Waals surface area contributed by atoms with Crippen molar-refractivity contribution < 1.29 is 4.74 Å². The first-order valence-electron chi connectivity index (χ1n) is 6.33. The molecule has 2 aliphatic heterocycles. The molecule has 17 heavy (non-hydrogen) atoms. The Balaban J connectivity index is 1.84. The summed E-state index contributed by atoms with van der Waals surface area (Å²) in [7, 11) is 2.08. The number of aromatic nitrogens is 3. The zero-order valence-electron chi connectivity index (χ0n) is 10.2. The second kappa shape index (κ2) is 4.62. The minimum atomic E-state index is 0.0107. The molecule has 0 saturated carbocycles. The maximum absolute atomic E-state index is 5.69. The molecule has 1 atom stereocenters. The molecule has 0 bridgehead atoms. The van der Waals surface area contributed by atoms with Crippen LogP contribution >= 0.6 is 0 Å². The van der Waals surface area contributed by atoms with Gasteiger partial charge < -0.3 is 15.0 Å². The van der Waals surface area contributed by atoms with Crippen molar-refractivity contribution in [3.63, 3.8) is 0 Å². The van der Waals surface area contributed by atoms with E-state index in [0.29, 0.717) is 0 Å². The lowest BCUT2D eigenvalue weighted by Gasteiger charge is -2.21. The average Bonchev–Trinajstić information content (AvgIpc) is 2.72. The second-order valence-corrected chi connectivity index (χ2v) is 4.69. The summed E-state index contributed by atoms with van der Waals surface area (Å²) in [4.78, 5) is 6.81. The molecule has 94 valence electrons. The van der Waals surface area contributed by atoms with Crippen molar-refractivity contribution in [3.8, 4) is 0 Å². The Morgan fingerprint density at radius 2 is 2.24 bits per heavy atom. The average molecular weight is 237 g/mol. The van der Waals surface area contributed by atoms with Crippen molar-refractivity contribution in [1.29, 1.82) is 0 Å². The Morgan fingerprint density at radius 1 is 1.35 bits per heavy atom. The Bertz CT molecular complexity index is 385. The molecule has 1 aromatic heterocycles. The zero-order chi connectivity index (χ0) is 11.7. The van der Waals surface area contributed by atoms with E-state index in [0.717, 1.165) is 44.6 Å². The van der Waals surface area contributed by atoms with Gasteiger partial charge in [-0.25, -0.2) is 4.68 Å². The summed E-state index contributed by atoms with van der Waals surface area (Å²) in [5.41, 5.74) is 0. The van der Waals surface area contributed by atoms with Gasteiger partial charge in [0, 0.05) is 33.2 Å². The highest BCUT2D eigenvalue weighted by atomic mass is 16.5. The van der Waals surface area contributed by atoms with Crippen LogP contribution in [0.5, 0.6) is 0 Å². The minimum absolute atomic E-state index is 0.0107. The van der Waals surface area contributed by atoms with Gasteiger partial charge in [-0.05, 0) is 12.8 Å². The van der Waals surface area contributed by atoms with Crippen molar-refractivity contribution in [2.75, 3.05) is 38.2 Å². The van der Waals surface area contributed by atoms with Crippen LogP contribution in [0.3, 0.4) is 0 Å². The van der Waals surface area contributed by atoms with Crippen molar-refractivity contribution in [2.24, 2.45) is 0 Å². The fraction of sp³-hybridized carbons (Fsp3) is 0.818. The SMILES string of the molecule is CN1CCCCn2nc(C3CNCCO3)nc21. The van der Waals surface area contributed by atoms with Gasteiger partial charge in [0.15, 0.2) is 5.82 Å². The first-order valence-corrected chi connectivity index (χ1v) is 6.33. The second-order valence-electron chi connectivity index (χ2n) is 4.69. The van der Waals surface area contributed by atoms with Crippen LogP contribution in [-0.4, -0.2) is 48.1 Å². The summed E-state index contributed by atoms with van der Waals surface area (Å²) >= 11 is 0. The van der Waals surface area contributed by atoms with Crippen LogP contribution in [-0.2, 0) is 11.3 Å². The third kappa shape index (κ3) is 2.14. The highest BCUT2D eigenvalue weighted by Gasteiger charge is 2.24. The first-order chi connectivity index (χ1) is 8.34. The van der Waals surface area contributed by atoms with Crippen LogP contribution in [0.1, 0.15) is 24.8 Å². The van der Waals surface area contributed by atoms with Crippen LogP contribution in [0, 0.1) is 0 Å². The van der Waals surface area contributed by atoms with E-state index < -0.39 is 0 Å². The lowest BCUT2D eigenvalue weighted by molar-refractivity contribution is 0.0220. The number of fused-ring (bicyclic) bond motifs is 1. The molecule has 0 amide bonds. The Kier molecular flexibility index (Phi) is 2.98. The van der Waals surface area contributed by atoms with Crippen LogP contribution in [0.4, 0.5) is 5.95 Å². The molecule has 1 aromatic rings. The van der Waals surface area contributed by atoms with Crippen molar-refractivity contribution in [2.45, 2.75) is 25.5 Å². The molecule has 0 aromatic carbocycles.